The molecule has 2 bridgehead atoms. The molecule has 4 saturated heterocycles. The number of aryl methyl sites for hydroxylation is 2. The SMILES string of the molecule is Cc1cc(CC(OC(=O)N2CCC(N3CCc4ccccc4NC3=O)CC2)C(=O)N2CCN(C3CC4CC[C@H](C3)N4C)CC2)cc2oc(=O)n(C)c12. The average Bonchev–Trinajstić information content (AvgIpc) is 3.44. The van der Waals surface area contributed by atoms with Crippen LogP contribution in [0.4, 0.5) is 15.3 Å². The molecule has 4 atom stereocenters. The van der Waals surface area contributed by atoms with E-state index in [0.717, 1.165) is 41.9 Å². The number of urea groups is 1. The van der Waals surface area contributed by atoms with Crippen LogP contribution in [0.2, 0.25) is 0 Å². The second kappa shape index (κ2) is 14.2. The summed E-state index contributed by atoms with van der Waals surface area (Å²) in [5.41, 5.74) is 4.74. The van der Waals surface area contributed by atoms with Gasteiger partial charge in [-0.25, -0.2) is 14.4 Å². The molecule has 0 radical (unpaired) electrons. The van der Waals surface area contributed by atoms with Gasteiger partial charge in [-0.15, -0.1) is 0 Å². The Morgan fingerprint density at radius 3 is 2.31 bits per heavy atom. The Hall–Kier alpha value is -4.36. The zero-order valence-corrected chi connectivity index (χ0v) is 30.6. The zero-order valence-electron chi connectivity index (χ0n) is 30.6. The quantitative estimate of drug-likeness (QED) is 0.410. The van der Waals surface area contributed by atoms with Crippen molar-refractivity contribution in [2.45, 2.75) is 88.6 Å². The van der Waals surface area contributed by atoms with E-state index in [4.69, 9.17) is 9.15 Å². The number of hydrogen-bond donors (Lipinski definition) is 1. The van der Waals surface area contributed by atoms with Crippen molar-refractivity contribution in [3.8, 4) is 0 Å². The maximum absolute atomic E-state index is 14.3. The number of oxazole rings is 1. The molecular weight excluding hydrogens is 662 g/mol. The van der Waals surface area contributed by atoms with Crippen molar-refractivity contribution in [3.63, 3.8) is 0 Å². The number of rotatable bonds is 6. The van der Waals surface area contributed by atoms with E-state index in [1.165, 1.54) is 30.3 Å². The second-order valence-electron chi connectivity index (χ2n) is 15.5. The lowest BCUT2D eigenvalue weighted by molar-refractivity contribution is -0.143. The fourth-order valence-electron chi connectivity index (χ4n) is 9.58. The van der Waals surface area contributed by atoms with E-state index in [1.54, 1.807) is 18.0 Å². The number of fused-ring (bicyclic) bond motifs is 4. The zero-order chi connectivity index (χ0) is 36.1. The smallest absolute Gasteiger partial charge is 0.419 e. The van der Waals surface area contributed by atoms with Crippen LogP contribution in [0.3, 0.4) is 0 Å². The van der Waals surface area contributed by atoms with Gasteiger partial charge in [0.15, 0.2) is 11.7 Å². The number of nitrogens with one attached hydrogen (secondary N) is 1. The van der Waals surface area contributed by atoms with Gasteiger partial charge >= 0.3 is 17.9 Å². The molecule has 1 aromatic heterocycles. The Bertz CT molecular complexity index is 1880. The Labute approximate surface area is 304 Å². The molecule has 278 valence electrons. The number of benzene rings is 2. The summed E-state index contributed by atoms with van der Waals surface area (Å²) in [6.07, 6.45) is 5.57. The largest absolute Gasteiger partial charge is 0.436 e. The summed E-state index contributed by atoms with van der Waals surface area (Å²) in [7, 11) is 3.93. The molecule has 0 spiro atoms. The Kier molecular flexibility index (Phi) is 9.50. The molecule has 2 aromatic carbocycles. The third kappa shape index (κ3) is 6.68. The number of nitrogens with zero attached hydrogens (tertiary/aromatic N) is 6. The summed E-state index contributed by atoms with van der Waals surface area (Å²) in [6.45, 7) is 6.18. The van der Waals surface area contributed by atoms with E-state index in [9.17, 15) is 19.2 Å². The van der Waals surface area contributed by atoms with Crippen LogP contribution in [0, 0.1) is 6.92 Å². The van der Waals surface area contributed by atoms with E-state index in [2.05, 4.69) is 22.2 Å². The molecule has 3 unspecified atom stereocenters. The van der Waals surface area contributed by atoms with Gasteiger partial charge in [-0.3, -0.25) is 14.3 Å². The maximum Gasteiger partial charge on any atom is 0.419 e. The van der Waals surface area contributed by atoms with Gasteiger partial charge in [0.2, 0.25) is 0 Å². The highest BCUT2D eigenvalue weighted by Gasteiger charge is 2.42. The lowest BCUT2D eigenvalue weighted by atomic mass is 9.96. The van der Waals surface area contributed by atoms with Crippen molar-refractivity contribution in [3.05, 3.63) is 63.6 Å². The van der Waals surface area contributed by atoms with Crippen LogP contribution in [0.15, 0.2) is 45.6 Å². The van der Waals surface area contributed by atoms with Gasteiger partial charge in [0.25, 0.3) is 5.91 Å². The molecule has 3 aromatic rings. The molecule has 1 N–H and O–H groups in total. The van der Waals surface area contributed by atoms with Crippen LogP contribution < -0.4 is 11.1 Å². The highest BCUT2D eigenvalue weighted by atomic mass is 16.6. The molecule has 0 aliphatic carbocycles. The van der Waals surface area contributed by atoms with Crippen LogP contribution in [0.1, 0.15) is 55.2 Å². The number of anilines is 1. The summed E-state index contributed by atoms with van der Waals surface area (Å²) in [5.74, 6) is -0.644. The summed E-state index contributed by atoms with van der Waals surface area (Å²) >= 11 is 0. The maximum atomic E-state index is 14.3. The predicted octanol–water partition coefficient (Wildman–Crippen LogP) is 3.81. The van der Waals surface area contributed by atoms with Crippen molar-refractivity contribution >= 4 is 34.8 Å². The first-order valence-corrected chi connectivity index (χ1v) is 19.1. The van der Waals surface area contributed by atoms with E-state index in [0.29, 0.717) is 74.8 Å². The molecule has 6 heterocycles. The third-order valence-electron chi connectivity index (χ3n) is 12.6. The molecule has 13 nitrogen and oxygen atoms in total. The summed E-state index contributed by atoms with van der Waals surface area (Å²) < 4.78 is 13.1. The number of aromatic nitrogens is 1. The normalized spacial score (nSPS) is 25.2. The molecule has 5 aliphatic rings. The van der Waals surface area contributed by atoms with Crippen molar-refractivity contribution in [2.24, 2.45) is 7.05 Å². The summed E-state index contributed by atoms with van der Waals surface area (Å²) in [4.78, 5) is 64.0. The number of piperidine rings is 2. The number of likely N-dealkylation sites (tertiary alicyclic amines) is 1. The van der Waals surface area contributed by atoms with Crippen molar-refractivity contribution in [1.29, 1.82) is 0 Å². The van der Waals surface area contributed by atoms with Gasteiger partial charge in [-0.2, -0.15) is 0 Å². The van der Waals surface area contributed by atoms with Crippen LogP contribution in [0.5, 0.6) is 0 Å². The van der Waals surface area contributed by atoms with Gasteiger partial charge in [0, 0.05) is 89.1 Å². The molecule has 4 amide bonds. The van der Waals surface area contributed by atoms with Crippen molar-refractivity contribution in [1.82, 2.24) is 29.1 Å². The average molecular weight is 714 g/mol. The highest BCUT2D eigenvalue weighted by Crippen LogP contribution is 2.36. The number of hydrogen-bond acceptors (Lipinski definition) is 8. The van der Waals surface area contributed by atoms with Crippen LogP contribution in [0.25, 0.3) is 11.1 Å². The minimum absolute atomic E-state index is 0.00192. The third-order valence-corrected chi connectivity index (χ3v) is 12.6. The van der Waals surface area contributed by atoms with Gasteiger partial charge in [0.1, 0.15) is 0 Å². The molecule has 13 heteroatoms. The first-order chi connectivity index (χ1) is 25.1. The van der Waals surface area contributed by atoms with E-state index in [1.807, 2.05) is 47.1 Å². The second-order valence-corrected chi connectivity index (χ2v) is 15.5. The fraction of sp³-hybridized carbons (Fsp3) is 0.590. The first-order valence-electron chi connectivity index (χ1n) is 19.1. The number of carbonyl (C=O) groups is 3. The van der Waals surface area contributed by atoms with Crippen molar-refractivity contribution in [2.75, 3.05) is 58.2 Å². The monoisotopic (exact) mass is 713 g/mol. The summed E-state index contributed by atoms with van der Waals surface area (Å²) in [5, 5.41) is 3.05. The topological polar surface area (TPSA) is 124 Å². The number of carbonyl (C=O) groups excluding carboxylic acids is 3. The van der Waals surface area contributed by atoms with Gasteiger partial charge in [-0.05, 0) is 87.7 Å². The Balaban J connectivity index is 0.935. The number of ether oxygens (including phenoxy) is 1. The molecule has 8 rings (SSSR count). The standard InChI is InChI=1S/C39H51N7O6/c1-25-20-26(21-33-35(25)42(3)38(49)51-33)22-34(36(47)44-18-16-43(17-19-44)31-23-29-8-9-30(24-31)41(29)2)52-39(50)45-13-11-28(12-14-45)46-15-10-27-6-4-5-7-32(27)40-37(46)48/h4-7,20-21,28-31,34H,8-19,22-24H2,1-3H3,(H,40,48)/t29-,30?,31?,34?/m1/s1. The minimum Gasteiger partial charge on any atom is -0.436 e. The van der Waals surface area contributed by atoms with Gasteiger partial charge < -0.3 is 34.1 Å². The number of para-hydroxylation sites is 1. The molecule has 0 saturated carbocycles. The Morgan fingerprint density at radius 1 is 0.865 bits per heavy atom. The number of amides is 4. The lowest BCUT2D eigenvalue weighted by Crippen LogP contribution is -2.57. The molecule has 52 heavy (non-hydrogen) atoms. The minimum atomic E-state index is -1.03. The number of piperazine rings is 1. The van der Waals surface area contributed by atoms with E-state index >= 15 is 0 Å². The van der Waals surface area contributed by atoms with Crippen LogP contribution in [-0.2, 0) is 29.4 Å². The lowest BCUT2D eigenvalue weighted by Gasteiger charge is -2.45. The van der Waals surface area contributed by atoms with Gasteiger partial charge in [-0.1, -0.05) is 24.3 Å². The Morgan fingerprint density at radius 2 is 1.58 bits per heavy atom. The summed E-state index contributed by atoms with van der Waals surface area (Å²) in [6, 6.07) is 13.4. The van der Waals surface area contributed by atoms with Crippen LogP contribution >= 0.6 is 0 Å². The highest BCUT2D eigenvalue weighted by molar-refractivity contribution is 5.91. The fourth-order valence-corrected chi connectivity index (χ4v) is 9.58. The molecular formula is C39H51N7O6. The predicted molar refractivity (Wildman–Crippen MR) is 196 cm³/mol. The first kappa shape index (κ1) is 34.7. The molecule has 4 fully saturated rings. The van der Waals surface area contributed by atoms with Gasteiger partial charge in [0.05, 0.1) is 5.52 Å². The van der Waals surface area contributed by atoms with Crippen molar-refractivity contribution < 1.29 is 23.5 Å². The van der Waals surface area contributed by atoms with E-state index in [-0.39, 0.29) is 24.4 Å². The van der Waals surface area contributed by atoms with Crippen LogP contribution in [-0.4, -0.2) is 130 Å². The molecule has 5 aliphatic heterocycles. The van der Waals surface area contributed by atoms with E-state index < -0.39 is 18.0 Å².